The van der Waals surface area contributed by atoms with Gasteiger partial charge in [0.05, 0.1) is 0 Å². The van der Waals surface area contributed by atoms with Crippen LogP contribution in [-0.4, -0.2) is 8.07 Å². The Morgan fingerprint density at radius 1 is 0.528 bits per heavy atom. The number of rotatable bonds is 8. The summed E-state index contributed by atoms with van der Waals surface area (Å²) in [5, 5.41) is 4.04. The third kappa shape index (κ3) is 7.47. The van der Waals surface area contributed by atoms with E-state index < -0.39 is 8.07 Å². The van der Waals surface area contributed by atoms with Crippen molar-refractivity contribution in [3.8, 4) is 22.3 Å². The molecule has 0 saturated heterocycles. The minimum Gasteiger partial charge on any atom is -0.265 e. The number of hydrogen-bond donors (Lipinski definition) is 0. The van der Waals surface area contributed by atoms with Gasteiger partial charge in [0.2, 0.25) is 0 Å². The Bertz CT molecular complexity index is 2040. The van der Waals surface area contributed by atoms with E-state index in [1.165, 1.54) is 76.8 Å². The second-order valence-corrected chi connectivity index (χ2v) is 21.7. The van der Waals surface area contributed by atoms with Crippen molar-refractivity contribution in [2.24, 2.45) is 0 Å². The van der Waals surface area contributed by atoms with E-state index in [1.54, 1.807) is 0 Å². The van der Waals surface area contributed by atoms with E-state index in [0.717, 1.165) is 12.8 Å². The van der Waals surface area contributed by atoms with E-state index in [0.29, 0.717) is 0 Å². The van der Waals surface area contributed by atoms with Crippen molar-refractivity contribution in [3.63, 3.8) is 0 Å². The van der Waals surface area contributed by atoms with Crippen molar-refractivity contribution >= 4 is 23.6 Å². The fraction of sp³-hybridized carbons (Fsp3) is 0.333. The zero-order chi connectivity index (χ0) is 37.6. The number of allylic oxidation sites excluding steroid dienone is 4. The summed E-state index contributed by atoms with van der Waals surface area (Å²) in [6, 6.07) is 44.9. The van der Waals surface area contributed by atoms with Crippen molar-refractivity contribution in [2.45, 2.75) is 112 Å². The summed E-state index contributed by atoms with van der Waals surface area (Å²) >= 11 is 0. The van der Waals surface area contributed by atoms with Gasteiger partial charge in [-0.2, -0.15) is 11.1 Å². The monoisotopic (exact) mass is 747 g/mol. The third-order valence-electron chi connectivity index (χ3n) is 12.0. The Labute approximate surface area is 337 Å². The van der Waals surface area contributed by atoms with Crippen molar-refractivity contribution < 1.29 is 21.7 Å². The van der Waals surface area contributed by atoms with Gasteiger partial charge in [0, 0.05) is 21.7 Å². The molecule has 0 bridgehead atoms. The molecule has 0 heterocycles. The maximum absolute atomic E-state index is 4.28. The number of hydrogen-bond acceptors (Lipinski definition) is 0. The molecule has 2 heteroatoms. The molecule has 272 valence electrons. The Morgan fingerprint density at radius 3 is 1.32 bits per heavy atom. The molecule has 0 saturated carbocycles. The van der Waals surface area contributed by atoms with Crippen molar-refractivity contribution in [2.75, 3.05) is 0 Å². The Morgan fingerprint density at radius 2 is 0.943 bits per heavy atom. The largest absolute Gasteiger partial charge is 0.265 e. The number of benzene rings is 5. The van der Waals surface area contributed by atoms with Crippen LogP contribution in [0.3, 0.4) is 0 Å². The summed E-state index contributed by atoms with van der Waals surface area (Å²) in [5.41, 5.74) is 14.7. The third-order valence-corrected chi connectivity index (χ3v) is 17.5. The molecule has 0 fully saturated rings. The van der Waals surface area contributed by atoms with Crippen molar-refractivity contribution in [1.82, 2.24) is 0 Å². The van der Waals surface area contributed by atoms with E-state index in [9.17, 15) is 0 Å². The summed E-state index contributed by atoms with van der Waals surface area (Å²) in [4.78, 5) is 0. The smallest absolute Gasteiger partial charge is 0.143 e. The van der Waals surface area contributed by atoms with Crippen LogP contribution in [0.4, 0.5) is 0 Å². The molecule has 0 N–H and O–H groups in total. The van der Waals surface area contributed by atoms with E-state index in [4.69, 9.17) is 0 Å². The van der Waals surface area contributed by atoms with Crippen molar-refractivity contribution in [1.29, 1.82) is 0 Å². The van der Waals surface area contributed by atoms with Gasteiger partial charge in [0.15, 0.2) is 0 Å². The molecule has 5 aromatic carbocycles. The summed E-state index contributed by atoms with van der Waals surface area (Å²) in [6.45, 7) is 28.4. The first-order valence-electron chi connectivity index (χ1n) is 19.4. The predicted molar refractivity (Wildman–Crippen MR) is 230 cm³/mol. The van der Waals surface area contributed by atoms with E-state index in [1.807, 2.05) is 0 Å². The topological polar surface area (TPSA) is 0 Å². The molecular weight excluding hydrogens is 689 g/mol. The summed E-state index contributed by atoms with van der Waals surface area (Å²) in [6.07, 6.45) is 6.29. The van der Waals surface area contributed by atoms with Gasteiger partial charge in [0.1, 0.15) is 8.07 Å². The predicted octanol–water partition coefficient (Wildman–Crippen LogP) is 12.1. The molecule has 2 atom stereocenters. The van der Waals surface area contributed by atoms with Gasteiger partial charge >= 0.3 is 0 Å². The fourth-order valence-corrected chi connectivity index (χ4v) is 14.6. The van der Waals surface area contributed by atoms with Crippen LogP contribution in [0.2, 0.25) is 5.04 Å². The molecule has 0 aromatic heterocycles. The molecule has 5 aromatic rings. The normalized spacial score (nSPS) is 17.3. The van der Waals surface area contributed by atoms with Gasteiger partial charge in [-0.3, -0.25) is 6.08 Å². The van der Waals surface area contributed by atoms with Crippen molar-refractivity contribution in [3.05, 3.63) is 160 Å². The van der Waals surface area contributed by atoms with Crippen LogP contribution in [-0.2, 0) is 45.4 Å². The molecular formula is C51H59SiTi-. The SMILES string of the molecule is CCc1cc(CC)cc([Si](c2cc(-c3ccccc3)cc(-c3ccccc3)c2)(c2cc(C(C)(C)C)cc(C(C)(C)C)c2)C2(C)[C-]=C(C)C(C)=C2C)c1.[Ti]. The molecule has 0 nitrogen and oxygen atoms in total. The molecule has 6 rings (SSSR count). The first-order chi connectivity index (χ1) is 24.5. The van der Waals surface area contributed by atoms with Gasteiger partial charge in [-0.1, -0.05) is 190 Å². The maximum atomic E-state index is 4.28. The minimum atomic E-state index is -3.10. The molecule has 1 aliphatic rings. The van der Waals surface area contributed by atoms with Gasteiger partial charge in [-0.25, -0.2) is 5.57 Å². The fourth-order valence-electron chi connectivity index (χ4n) is 8.50. The average molecular weight is 748 g/mol. The summed E-state index contributed by atoms with van der Waals surface area (Å²) in [7, 11) is -3.10. The molecule has 0 radical (unpaired) electrons. The van der Waals surface area contributed by atoms with Crippen LogP contribution in [0, 0.1) is 6.08 Å². The second kappa shape index (κ2) is 15.3. The quantitative estimate of drug-likeness (QED) is 0.0842. The van der Waals surface area contributed by atoms with Crippen LogP contribution in [0.15, 0.2) is 132 Å². The molecule has 0 spiro atoms. The Hall–Kier alpha value is -3.49. The zero-order valence-electron chi connectivity index (χ0n) is 34.4. The van der Waals surface area contributed by atoms with Crippen LogP contribution in [0.1, 0.15) is 105 Å². The van der Waals surface area contributed by atoms with Crippen LogP contribution >= 0.6 is 0 Å². The van der Waals surface area contributed by atoms with Gasteiger partial charge in [-0.15, -0.1) is 6.92 Å². The van der Waals surface area contributed by atoms with Crippen LogP contribution < -0.4 is 15.6 Å². The molecule has 0 amide bonds. The summed E-state index contributed by atoms with van der Waals surface area (Å²) < 4.78 is 0. The molecule has 2 unspecified atom stereocenters. The first-order valence-corrected chi connectivity index (χ1v) is 21.4. The average Bonchev–Trinajstić information content (AvgIpc) is 3.33. The van der Waals surface area contributed by atoms with Crippen LogP contribution in [0.5, 0.6) is 0 Å². The van der Waals surface area contributed by atoms with E-state index >= 15 is 0 Å². The molecule has 1 aliphatic carbocycles. The standard InChI is InChI=1S/C51H59Si.Ti/c1-13-38-25-39(14-2)27-46(26-38)52(51(12)34-35(3)36(4)37(51)5,48-32-44(49(6,7)8)31-45(33-48)50(9,10)11)47-29-42(40-21-17-15-18-22-40)28-43(30-47)41-23-19-16-20-24-41;/h15-33H,13-14H2,1-12H3;/q-1;. The minimum absolute atomic E-state index is 0. The second-order valence-electron chi connectivity index (χ2n) is 17.5. The summed E-state index contributed by atoms with van der Waals surface area (Å²) in [5.74, 6) is 0. The van der Waals surface area contributed by atoms with E-state index in [2.05, 4.69) is 204 Å². The maximum Gasteiger partial charge on any atom is 0.143 e. The Balaban J connectivity index is 0.00000541. The number of aryl methyl sites for hydroxylation is 2. The first kappa shape index (κ1) is 40.7. The van der Waals surface area contributed by atoms with Gasteiger partial charge < -0.3 is 0 Å². The Kier molecular flexibility index (Phi) is 11.8. The molecule has 0 aliphatic heterocycles. The zero-order valence-corrected chi connectivity index (χ0v) is 36.9. The van der Waals surface area contributed by atoms with Crippen LogP contribution in [0.25, 0.3) is 22.3 Å². The van der Waals surface area contributed by atoms with E-state index in [-0.39, 0.29) is 37.6 Å². The van der Waals surface area contributed by atoms with Gasteiger partial charge in [0.25, 0.3) is 0 Å². The van der Waals surface area contributed by atoms with Gasteiger partial charge in [-0.05, 0) is 89.8 Å². The molecule has 53 heavy (non-hydrogen) atoms.